The standard InChI is InChI=1S/C13H17BrFNO4S/c1-13(2,3)16(7-6-12(17)18)21(19,20)11-5-4-9(15)8-10(11)14/h4-5,8H,6-7H2,1-3H3,(H,17,18). The molecule has 0 bridgehead atoms. The van der Waals surface area contributed by atoms with E-state index in [1.54, 1.807) is 20.8 Å². The number of hydrogen-bond acceptors (Lipinski definition) is 3. The van der Waals surface area contributed by atoms with Crippen LogP contribution in [0, 0.1) is 5.82 Å². The van der Waals surface area contributed by atoms with Crippen molar-refractivity contribution in [3.8, 4) is 0 Å². The van der Waals surface area contributed by atoms with Gasteiger partial charge in [0.2, 0.25) is 10.0 Å². The van der Waals surface area contributed by atoms with Gasteiger partial charge in [-0.3, -0.25) is 4.79 Å². The minimum absolute atomic E-state index is 0.0933. The molecule has 8 heteroatoms. The van der Waals surface area contributed by atoms with Crippen LogP contribution in [0.1, 0.15) is 27.2 Å². The van der Waals surface area contributed by atoms with Gasteiger partial charge >= 0.3 is 5.97 Å². The Kier molecular flexibility index (Phi) is 5.51. The summed E-state index contributed by atoms with van der Waals surface area (Å²) in [5, 5.41) is 8.78. The third-order valence-electron chi connectivity index (χ3n) is 2.74. The number of hydrogen-bond donors (Lipinski definition) is 1. The van der Waals surface area contributed by atoms with Crippen LogP contribution in [0.25, 0.3) is 0 Å². The maximum absolute atomic E-state index is 13.1. The van der Waals surface area contributed by atoms with Crippen LogP contribution in [0.15, 0.2) is 27.6 Å². The van der Waals surface area contributed by atoms with E-state index in [0.717, 1.165) is 22.5 Å². The summed E-state index contributed by atoms with van der Waals surface area (Å²) < 4.78 is 39.7. The number of nitrogens with zero attached hydrogens (tertiary/aromatic N) is 1. The van der Waals surface area contributed by atoms with Gasteiger partial charge in [-0.15, -0.1) is 0 Å². The summed E-state index contributed by atoms with van der Waals surface area (Å²) in [7, 11) is -3.95. The number of carboxylic acid groups (broad SMARTS) is 1. The van der Waals surface area contributed by atoms with Crippen molar-refractivity contribution < 1.29 is 22.7 Å². The molecular formula is C13H17BrFNO4S. The molecule has 5 nitrogen and oxygen atoms in total. The molecule has 0 radical (unpaired) electrons. The van der Waals surface area contributed by atoms with Crippen LogP contribution in [-0.2, 0) is 14.8 Å². The Morgan fingerprint density at radius 3 is 2.38 bits per heavy atom. The summed E-state index contributed by atoms with van der Waals surface area (Å²) in [6.07, 6.45) is -0.310. The Morgan fingerprint density at radius 1 is 1.38 bits per heavy atom. The fourth-order valence-corrected chi connectivity index (χ4v) is 4.62. The molecule has 0 aliphatic heterocycles. The monoisotopic (exact) mass is 381 g/mol. The highest BCUT2D eigenvalue weighted by Crippen LogP contribution is 2.30. The first-order chi connectivity index (χ1) is 9.46. The number of benzene rings is 1. The van der Waals surface area contributed by atoms with Gasteiger partial charge < -0.3 is 5.11 Å². The second-order valence-corrected chi connectivity index (χ2v) is 8.15. The second kappa shape index (κ2) is 6.41. The molecule has 0 aliphatic rings. The first-order valence-electron chi connectivity index (χ1n) is 6.16. The minimum atomic E-state index is -3.95. The van der Waals surface area contributed by atoms with Gasteiger partial charge in [-0.05, 0) is 54.9 Å². The zero-order valence-electron chi connectivity index (χ0n) is 11.9. The van der Waals surface area contributed by atoms with E-state index >= 15 is 0 Å². The summed E-state index contributed by atoms with van der Waals surface area (Å²) in [5.74, 6) is -1.65. The van der Waals surface area contributed by atoms with E-state index in [1.165, 1.54) is 0 Å². The Balaban J connectivity index is 3.30. The summed E-state index contributed by atoms with van der Waals surface area (Å²) in [6, 6.07) is 3.27. The van der Waals surface area contributed by atoms with Crippen molar-refractivity contribution in [1.82, 2.24) is 4.31 Å². The average Bonchev–Trinajstić information content (AvgIpc) is 2.25. The van der Waals surface area contributed by atoms with Crippen molar-refractivity contribution in [1.29, 1.82) is 0 Å². The molecule has 0 aliphatic carbocycles. The van der Waals surface area contributed by atoms with E-state index < -0.39 is 27.3 Å². The highest BCUT2D eigenvalue weighted by molar-refractivity contribution is 9.10. The minimum Gasteiger partial charge on any atom is -0.481 e. The lowest BCUT2D eigenvalue weighted by molar-refractivity contribution is -0.137. The molecule has 118 valence electrons. The van der Waals surface area contributed by atoms with E-state index in [9.17, 15) is 17.6 Å². The molecular weight excluding hydrogens is 365 g/mol. The highest BCUT2D eigenvalue weighted by Gasteiger charge is 2.35. The van der Waals surface area contributed by atoms with Gasteiger partial charge in [0.25, 0.3) is 0 Å². The largest absolute Gasteiger partial charge is 0.481 e. The first-order valence-corrected chi connectivity index (χ1v) is 8.39. The summed E-state index contributed by atoms with van der Waals surface area (Å²) in [5.41, 5.74) is -0.803. The fourth-order valence-electron chi connectivity index (χ4n) is 1.82. The summed E-state index contributed by atoms with van der Waals surface area (Å²) in [6.45, 7) is 4.85. The van der Waals surface area contributed by atoms with Crippen molar-refractivity contribution in [2.75, 3.05) is 6.54 Å². The molecule has 1 aromatic carbocycles. The van der Waals surface area contributed by atoms with Crippen LogP contribution < -0.4 is 0 Å². The fraction of sp³-hybridized carbons (Fsp3) is 0.462. The lowest BCUT2D eigenvalue weighted by atomic mass is 10.1. The van der Waals surface area contributed by atoms with Crippen LogP contribution >= 0.6 is 15.9 Å². The topological polar surface area (TPSA) is 74.7 Å². The third-order valence-corrected chi connectivity index (χ3v) is 5.88. The maximum Gasteiger partial charge on any atom is 0.304 e. The number of rotatable bonds is 5. The molecule has 1 rings (SSSR count). The molecule has 0 amide bonds. The molecule has 0 saturated heterocycles. The number of aliphatic carboxylic acids is 1. The predicted molar refractivity (Wildman–Crippen MR) is 80.0 cm³/mol. The Labute approximate surface area is 131 Å². The van der Waals surface area contributed by atoms with Crippen LogP contribution in [0.5, 0.6) is 0 Å². The quantitative estimate of drug-likeness (QED) is 0.850. The SMILES string of the molecule is CC(C)(C)N(CCC(=O)O)S(=O)(=O)c1ccc(F)cc1Br. The molecule has 1 N–H and O–H groups in total. The van der Waals surface area contributed by atoms with Gasteiger partial charge in [0.15, 0.2) is 0 Å². The zero-order chi connectivity index (χ0) is 16.4. The van der Waals surface area contributed by atoms with E-state index in [2.05, 4.69) is 15.9 Å². The number of sulfonamides is 1. The number of halogens is 2. The third kappa shape index (κ3) is 4.49. The Bertz CT molecular complexity index is 640. The van der Waals surface area contributed by atoms with Crippen molar-refractivity contribution in [2.24, 2.45) is 0 Å². The molecule has 0 unspecified atom stereocenters. The van der Waals surface area contributed by atoms with Gasteiger partial charge in [0.05, 0.1) is 11.3 Å². The molecule has 0 aromatic heterocycles. The molecule has 0 fully saturated rings. The lowest BCUT2D eigenvalue weighted by Gasteiger charge is -2.34. The molecule has 0 saturated carbocycles. The van der Waals surface area contributed by atoms with Gasteiger partial charge in [0, 0.05) is 16.6 Å². The van der Waals surface area contributed by atoms with Crippen LogP contribution in [0.4, 0.5) is 4.39 Å². The Morgan fingerprint density at radius 2 is 1.95 bits per heavy atom. The van der Waals surface area contributed by atoms with E-state index in [0.29, 0.717) is 0 Å². The number of carboxylic acids is 1. The highest BCUT2D eigenvalue weighted by atomic mass is 79.9. The van der Waals surface area contributed by atoms with E-state index in [4.69, 9.17) is 5.11 Å². The van der Waals surface area contributed by atoms with Crippen molar-refractivity contribution >= 4 is 31.9 Å². The predicted octanol–water partition coefficient (Wildman–Crippen LogP) is 2.85. The smallest absolute Gasteiger partial charge is 0.304 e. The number of carbonyl (C=O) groups is 1. The normalized spacial score (nSPS) is 12.7. The van der Waals surface area contributed by atoms with Gasteiger partial charge in [-0.25, -0.2) is 12.8 Å². The zero-order valence-corrected chi connectivity index (χ0v) is 14.3. The van der Waals surface area contributed by atoms with Crippen molar-refractivity contribution in [2.45, 2.75) is 37.6 Å². The van der Waals surface area contributed by atoms with Crippen LogP contribution in [-0.4, -0.2) is 35.9 Å². The van der Waals surface area contributed by atoms with Gasteiger partial charge in [0.1, 0.15) is 5.82 Å². The first kappa shape index (κ1) is 18.1. The molecule has 1 aromatic rings. The summed E-state index contributed by atoms with van der Waals surface area (Å²) in [4.78, 5) is 10.6. The Hall–Kier alpha value is -0.990. The average molecular weight is 382 g/mol. The molecule has 0 spiro atoms. The van der Waals surface area contributed by atoms with E-state index in [-0.39, 0.29) is 22.3 Å². The summed E-state index contributed by atoms with van der Waals surface area (Å²) >= 11 is 3.04. The second-order valence-electron chi connectivity index (χ2n) is 5.47. The molecule has 21 heavy (non-hydrogen) atoms. The maximum atomic E-state index is 13.1. The van der Waals surface area contributed by atoms with Gasteiger partial charge in [-0.1, -0.05) is 0 Å². The molecule has 0 heterocycles. The van der Waals surface area contributed by atoms with Crippen molar-refractivity contribution in [3.05, 3.63) is 28.5 Å². The van der Waals surface area contributed by atoms with E-state index in [1.807, 2.05) is 0 Å². The lowest BCUT2D eigenvalue weighted by Crippen LogP contribution is -2.46. The van der Waals surface area contributed by atoms with Gasteiger partial charge in [-0.2, -0.15) is 4.31 Å². The van der Waals surface area contributed by atoms with Crippen LogP contribution in [0.2, 0.25) is 0 Å². The molecule has 0 atom stereocenters. The van der Waals surface area contributed by atoms with Crippen molar-refractivity contribution in [3.63, 3.8) is 0 Å². The van der Waals surface area contributed by atoms with Crippen LogP contribution in [0.3, 0.4) is 0 Å².